The van der Waals surface area contributed by atoms with E-state index in [4.69, 9.17) is 5.73 Å². The molecule has 0 spiro atoms. The zero-order chi connectivity index (χ0) is 13.3. The van der Waals surface area contributed by atoms with Gasteiger partial charge in [0.2, 0.25) is 0 Å². The Bertz CT molecular complexity index is 365. The van der Waals surface area contributed by atoms with Gasteiger partial charge < -0.3 is 10.8 Å². The topological polar surface area (TPSA) is 46.2 Å². The second-order valence-electron chi connectivity index (χ2n) is 6.50. The SMILES string of the molecule is CC(C)(C)c1ccc([C@H](N)C(C)(C)CO)cc1.Cl. The molecule has 0 fully saturated rings. The number of nitrogens with two attached hydrogens (primary N) is 1. The van der Waals surface area contributed by atoms with E-state index >= 15 is 0 Å². The molecule has 0 saturated heterocycles. The molecule has 104 valence electrons. The van der Waals surface area contributed by atoms with E-state index in [1.165, 1.54) is 5.56 Å². The number of benzene rings is 1. The van der Waals surface area contributed by atoms with Gasteiger partial charge in [0.25, 0.3) is 0 Å². The summed E-state index contributed by atoms with van der Waals surface area (Å²) >= 11 is 0. The predicted octanol–water partition coefficient (Wildman–Crippen LogP) is 3.42. The first kappa shape index (κ1) is 17.4. The van der Waals surface area contributed by atoms with Crippen molar-refractivity contribution >= 4 is 12.4 Å². The van der Waals surface area contributed by atoms with Crippen molar-refractivity contribution in [3.05, 3.63) is 35.4 Å². The summed E-state index contributed by atoms with van der Waals surface area (Å²) in [6.07, 6.45) is 0. The van der Waals surface area contributed by atoms with E-state index < -0.39 is 0 Å². The molecule has 0 aliphatic heterocycles. The summed E-state index contributed by atoms with van der Waals surface area (Å²) in [4.78, 5) is 0. The number of rotatable bonds is 3. The van der Waals surface area contributed by atoms with Crippen LogP contribution in [0, 0.1) is 5.41 Å². The van der Waals surface area contributed by atoms with Gasteiger partial charge in [-0.25, -0.2) is 0 Å². The molecule has 1 rings (SSSR count). The maximum Gasteiger partial charge on any atom is 0.0500 e. The monoisotopic (exact) mass is 271 g/mol. The molecule has 1 aromatic carbocycles. The normalized spacial score (nSPS) is 13.9. The minimum Gasteiger partial charge on any atom is -0.396 e. The molecule has 0 radical (unpaired) electrons. The molecule has 0 aliphatic rings. The fourth-order valence-corrected chi connectivity index (χ4v) is 1.74. The highest BCUT2D eigenvalue weighted by Crippen LogP contribution is 2.31. The summed E-state index contributed by atoms with van der Waals surface area (Å²) in [6, 6.07) is 8.26. The maximum atomic E-state index is 9.33. The molecule has 3 heteroatoms. The lowest BCUT2D eigenvalue weighted by molar-refractivity contribution is 0.132. The minimum atomic E-state index is -0.288. The quantitative estimate of drug-likeness (QED) is 0.885. The van der Waals surface area contributed by atoms with Gasteiger partial charge in [-0.05, 0) is 16.5 Å². The van der Waals surface area contributed by atoms with Gasteiger partial charge >= 0.3 is 0 Å². The van der Waals surface area contributed by atoms with Crippen LogP contribution in [0.15, 0.2) is 24.3 Å². The Morgan fingerprint density at radius 3 is 1.83 bits per heavy atom. The van der Waals surface area contributed by atoms with Crippen LogP contribution in [-0.2, 0) is 5.41 Å². The molecule has 0 unspecified atom stereocenters. The minimum absolute atomic E-state index is 0. The van der Waals surface area contributed by atoms with Gasteiger partial charge in [0.1, 0.15) is 0 Å². The van der Waals surface area contributed by atoms with E-state index in [-0.39, 0.29) is 35.9 Å². The summed E-state index contributed by atoms with van der Waals surface area (Å²) < 4.78 is 0. The second kappa shape index (κ2) is 6.05. The van der Waals surface area contributed by atoms with Crippen LogP contribution >= 0.6 is 12.4 Å². The van der Waals surface area contributed by atoms with Crippen molar-refractivity contribution < 1.29 is 5.11 Å². The summed E-state index contributed by atoms with van der Waals surface area (Å²) in [7, 11) is 0. The molecule has 18 heavy (non-hydrogen) atoms. The molecule has 0 saturated carbocycles. The fourth-order valence-electron chi connectivity index (χ4n) is 1.74. The highest BCUT2D eigenvalue weighted by atomic mass is 35.5. The Morgan fingerprint density at radius 2 is 1.50 bits per heavy atom. The Hall–Kier alpha value is -0.570. The van der Waals surface area contributed by atoms with Crippen molar-refractivity contribution in [1.82, 2.24) is 0 Å². The van der Waals surface area contributed by atoms with Crippen LogP contribution in [0.1, 0.15) is 51.8 Å². The molecule has 0 aromatic heterocycles. The summed E-state index contributed by atoms with van der Waals surface area (Å²) in [5.74, 6) is 0. The van der Waals surface area contributed by atoms with Gasteiger partial charge in [-0.1, -0.05) is 58.9 Å². The van der Waals surface area contributed by atoms with Crippen LogP contribution < -0.4 is 5.73 Å². The molecule has 2 nitrogen and oxygen atoms in total. The molecule has 1 aromatic rings. The lowest BCUT2D eigenvalue weighted by Crippen LogP contribution is -2.32. The van der Waals surface area contributed by atoms with Gasteiger partial charge in [0.15, 0.2) is 0 Å². The van der Waals surface area contributed by atoms with Crippen molar-refractivity contribution in [2.24, 2.45) is 11.1 Å². The number of hydrogen-bond donors (Lipinski definition) is 2. The van der Waals surface area contributed by atoms with Gasteiger partial charge in [-0.2, -0.15) is 0 Å². The Labute approximate surface area is 117 Å². The highest BCUT2D eigenvalue weighted by Gasteiger charge is 2.27. The predicted molar refractivity (Wildman–Crippen MR) is 80.2 cm³/mol. The number of hydrogen-bond acceptors (Lipinski definition) is 2. The first-order chi connectivity index (χ1) is 7.68. The molecule has 0 amide bonds. The van der Waals surface area contributed by atoms with Crippen LogP contribution in [0.2, 0.25) is 0 Å². The third-order valence-corrected chi connectivity index (χ3v) is 3.39. The fraction of sp³-hybridized carbons (Fsp3) is 0.600. The number of halogens is 1. The van der Waals surface area contributed by atoms with E-state index in [1.54, 1.807) is 0 Å². The van der Waals surface area contributed by atoms with Crippen molar-refractivity contribution in [2.45, 2.75) is 46.1 Å². The highest BCUT2D eigenvalue weighted by molar-refractivity contribution is 5.85. The zero-order valence-electron chi connectivity index (χ0n) is 12.0. The van der Waals surface area contributed by atoms with Gasteiger partial charge in [-0.15, -0.1) is 12.4 Å². The van der Waals surface area contributed by atoms with E-state index in [2.05, 4.69) is 45.0 Å². The summed E-state index contributed by atoms with van der Waals surface area (Å²) in [6.45, 7) is 10.6. The Kier molecular flexibility index (Phi) is 5.86. The lowest BCUT2D eigenvalue weighted by Gasteiger charge is -2.30. The average molecular weight is 272 g/mol. The third kappa shape index (κ3) is 3.98. The molecule has 1 atom stereocenters. The molecular weight excluding hydrogens is 246 g/mol. The van der Waals surface area contributed by atoms with Crippen molar-refractivity contribution in [3.8, 4) is 0 Å². The van der Waals surface area contributed by atoms with Crippen LogP contribution in [0.3, 0.4) is 0 Å². The smallest absolute Gasteiger partial charge is 0.0500 e. The Morgan fingerprint density at radius 1 is 1.06 bits per heavy atom. The first-order valence-corrected chi connectivity index (χ1v) is 6.15. The van der Waals surface area contributed by atoms with Crippen LogP contribution in [0.25, 0.3) is 0 Å². The van der Waals surface area contributed by atoms with Gasteiger partial charge in [0.05, 0.1) is 0 Å². The van der Waals surface area contributed by atoms with E-state index in [0.29, 0.717) is 0 Å². The zero-order valence-corrected chi connectivity index (χ0v) is 12.8. The number of aliphatic hydroxyl groups is 1. The molecule has 3 N–H and O–H groups in total. The van der Waals surface area contributed by atoms with Crippen LogP contribution in [0.4, 0.5) is 0 Å². The van der Waals surface area contributed by atoms with E-state index in [1.807, 2.05) is 13.8 Å². The van der Waals surface area contributed by atoms with Crippen LogP contribution in [0.5, 0.6) is 0 Å². The van der Waals surface area contributed by atoms with Crippen molar-refractivity contribution in [1.29, 1.82) is 0 Å². The molecule has 0 heterocycles. The summed E-state index contributed by atoms with van der Waals surface area (Å²) in [5.41, 5.74) is 8.44. The van der Waals surface area contributed by atoms with Gasteiger partial charge in [-0.3, -0.25) is 0 Å². The van der Waals surface area contributed by atoms with Crippen molar-refractivity contribution in [3.63, 3.8) is 0 Å². The average Bonchev–Trinajstić information content (AvgIpc) is 2.27. The summed E-state index contributed by atoms with van der Waals surface area (Å²) in [5, 5.41) is 9.33. The van der Waals surface area contributed by atoms with E-state index in [9.17, 15) is 5.11 Å². The third-order valence-electron chi connectivity index (χ3n) is 3.39. The van der Waals surface area contributed by atoms with E-state index in [0.717, 1.165) is 5.56 Å². The number of aliphatic hydroxyl groups excluding tert-OH is 1. The molecular formula is C15H26ClNO. The molecule has 0 aliphatic carbocycles. The maximum absolute atomic E-state index is 9.33. The second-order valence-corrected chi connectivity index (χ2v) is 6.50. The van der Waals surface area contributed by atoms with Gasteiger partial charge in [0, 0.05) is 18.1 Å². The standard InChI is InChI=1S/C15H25NO.ClH/c1-14(2,3)12-8-6-11(7-9-12)13(16)15(4,5)10-17;/h6-9,13,17H,10,16H2,1-5H3;1H/t13-;/m0./s1. The van der Waals surface area contributed by atoms with Crippen LogP contribution in [-0.4, -0.2) is 11.7 Å². The lowest BCUT2D eigenvalue weighted by atomic mass is 9.80. The van der Waals surface area contributed by atoms with Crippen molar-refractivity contribution in [2.75, 3.05) is 6.61 Å². The molecule has 0 bridgehead atoms. The largest absolute Gasteiger partial charge is 0.396 e. The Balaban J connectivity index is 0.00000289. The first-order valence-electron chi connectivity index (χ1n) is 6.15.